The number of amides is 1. The number of carbonyl (C=O) groups excluding carboxylic acids is 1. The lowest BCUT2D eigenvalue weighted by Crippen LogP contribution is -2.38. The summed E-state index contributed by atoms with van der Waals surface area (Å²) in [5, 5.41) is 2.82. The molecule has 170 valence electrons. The van der Waals surface area contributed by atoms with E-state index in [0.717, 1.165) is 37.6 Å². The zero-order valence-electron chi connectivity index (χ0n) is 18.5. The van der Waals surface area contributed by atoms with Crippen molar-refractivity contribution in [1.82, 2.24) is 13.4 Å². The zero-order chi connectivity index (χ0) is 23.0. The molecule has 32 heavy (non-hydrogen) atoms. The van der Waals surface area contributed by atoms with Gasteiger partial charge in [-0.2, -0.15) is 4.31 Å². The summed E-state index contributed by atoms with van der Waals surface area (Å²) in [4.78, 5) is 25.0. The Balaban J connectivity index is 1.51. The third-order valence-corrected chi connectivity index (χ3v) is 8.34. The highest BCUT2D eigenvalue weighted by Crippen LogP contribution is 2.26. The predicted molar refractivity (Wildman–Crippen MR) is 124 cm³/mol. The summed E-state index contributed by atoms with van der Waals surface area (Å²) in [6, 6.07) is 11.3. The highest BCUT2D eigenvalue weighted by Gasteiger charge is 2.29. The lowest BCUT2D eigenvalue weighted by atomic mass is 9.96. The molecule has 2 aromatic carbocycles. The molecule has 4 rings (SSSR count). The molecule has 1 heterocycles. The second-order valence-electron chi connectivity index (χ2n) is 8.40. The van der Waals surface area contributed by atoms with Crippen molar-refractivity contribution in [3.8, 4) is 0 Å². The molecule has 1 aliphatic rings. The number of hydrogen-bond donors (Lipinski definition) is 1. The first-order valence-corrected chi connectivity index (χ1v) is 12.2. The van der Waals surface area contributed by atoms with E-state index in [4.69, 9.17) is 0 Å². The zero-order valence-corrected chi connectivity index (χ0v) is 19.4. The number of nitrogens with one attached hydrogen (secondary N) is 1. The molecule has 1 fully saturated rings. The fourth-order valence-corrected chi connectivity index (χ4v) is 5.79. The summed E-state index contributed by atoms with van der Waals surface area (Å²) in [6.07, 6.45) is 5.02. The molecule has 1 amide bonds. The molecule has 0 bridgehead atoms. The number of anilines is 1. The molecular weight excluding hydrogens is 428 g/mol. The van der Waals surface area contributed by atoms with Crippen LogP contribution >= 0.6 is 0 Å². The molecule has 0 aliphatic heterocycles. The lowest BCUT2D eigenvalue weighted by Gasteiger charge is -2.30. The van der Waals surface area contributed by atoms with Crippen LogP contribution in [-0.2, 0) is 24.1 Å². The Hall–Kier alpha value is -2.91. The Morgan fingerprint density at radius 3 is 2.25 bits per heavy atom. The van der Waals surface area contributed by atoms with Gasteiger partial charge in [0.05, 0.1) is 15.9 Å². The first-order chi connectivity index (χ1) is 15.2. The number of aromatic nitrogens is 2. The molecule has 0 unspecified atom stereocenters. The van der Waals surface area contributed by atoms with Crippen LogP contribution in [-0.4, -0.2) is 40.9 Å². The number of hydrogen-bond acceptors (Lipinski definition) is 4. The molecule has 8 nitrogen and oxygen atoms in total. The maximum absolute atomic E-state index is 13.0. The monoisotopic (exact) mass is 456 g/mol. The van der Waals surface area contributed by atoms with Gasteiger partial charge in [-0.1, -0.05) is 19.3 Å². The summed E-state index contributed by atoms with van der Waals surface area (Å²) < 4.78 is 30.5. The van der Waals surface area contributed by atoms with E-state index in [9.17, 15) is 18.0 Å². The van der Waals surface area contributed by atoms with Crippen molar-refractivity contribution >= 4 is 32.7 Å². The van der Waals surface area contributed by atoms with Gasteiger partial charge >= 0.3 is 5.69 Å². The second-order valence-corrected chi connectivity index (χ2v) is 10.4. The Labute approximate surface area is 187 Å². The van der Waals surface area contributed by atoms with Crippen LogP contribution in [0, 0.1) is 0 Å². The number of sulfonamides is 1. The average molecular weight is 457 g/mol. The van der Waals surface area contributed by atoms with Crippen molar-refractivity contribution in [2.24, 2.45) is 14.1 Å². The van der Waals surface area contributed by atoms with Gasteiger partial charge in [0.1, 0.15) is 0 Å². The molecule has 0 spiro atoms. The van der Waals surface area contributed by atoms with E-state index in [2.05, 4.69) is 5.32 Å². The van der Waals surface area contributed by atoms with Crippen LogP contribution in [0.2, 0.25) is 0 Å². The smallest absolute Gasteiger partial charge is 0.322 e. The number of aryl methyl sites for hydroxylation is 2. The van der Waals surface area contributed by atoms with Gasteiger partial charge in [0.15, 0.2) is 0 Å². The molecule has 0 radical (unpaired) electrons. The van der Waals surface area contributed by atoms with Gasteiger partial charge in [0.2, 0.25) is 10.0 Å². The number of rotatable bonds is 5. The van der Waals surface area contributed by atoms with E-state index in [-0.39, 0.29) is 22.5 Å². The van der Waals surface area contributed by atoms with Crippen LogP contribution in [0.4, 0.5) is 5.69 Å². The van der Waals surface area contributed by atoms with E-state index in [0.29, 0.717) is 16.8 Å². The fourth-order valence-electron chi connectivity index (χ4n) is 4.37. The van der Waals surface area contributed by atoms with Crippen molar-refractivity contribution in [3.05, 3.63) is 58.5 Å². The minimum Gasteiger partial charge on any atom is -0.322 e. The van der Waals surface area contributed by atoms with Crippen molar-refractivity contribution in [2.75, 3.05) is 12.4 Å². The molecule has 1 aromatic heterocycles. The first kappa shape index (κ1) is 22.3. The Kier molecular flexibility index (Phi) is 5.96. The number of fused-ring (bicyclic) bond motifs is 1. The average Bonchev–Trinajstić information content (AvgIpc) is 3.02. The summed E-state index contributed by atoms with van der Waals surface area (Å²) >= 11 is 0. The molecule has 1 N–H and O–H groups in total. The normalized spacial score (nSPS) is 15.4. The van der Waals surface area contributed by atoms with Gasteiger partial charge in [0, 0.05) is 38.4 Å². The Morgan fingerprint density at radius 2 is 1.59 bits per heavy atom. The van der Waals surface area contributed by atoms with Crippen LogP contribution < -0.4 is 11.0 Å². The third kappa shape index (κ3) is 3.98. The Morgan fingerprint density at radius 1 is 0.969 bits per heavy atom. The van der Waals surface area contributed by atoms with Gasteiger partial charge in [-0.25, -0.2) is 13.2 Å². The van der Waals surface area contributed by atoms with Crippen molar-refractivity contribution in [1.29, 1.82) is 0 Å². The number of nitrogens with zero attached hydrogens (tertiary/aromatic N) is 3. The van der Waals surface area contributed by atoms with Crippen LogP contribution in [0.15, 0.2) is 52.2 Å². The lowest BCUT2D eigenvalue weighted by molar-refractivity contribution is 0.102. The fraction of sp³-hybridized carbons (Fsp3) is 0.391. The first-order valence-electron chi connectivity index (χ1n) is 10.7. The highest BCUT2D eigenvalue weighted by atomic mass is 32.2. The van der Waals surface area contributed by atoms with Gasteiger partial charge in [-0.3, -0.25) is 13.9 Å². The molecule has 0 saturated heterocycles. The molecule has 0 atom stereocenters. The van der Waals surface area contributed by atoms with E-state index >= 15 is 0 Å². The molecular formula is C23H28N4O4S. The molecule has 3 aromatic rings. The van der Waals surface area contributed by atoms with Crippen LogP contribution in [0.1, 0.15) is 42.5 Å². The van der Waals surface area contributed by atoms with E-state index in [1.807, 2.05) is 0 Å². The maximum atomic E-state index is 13.0. The van der Waals surface area contributed by atoms with Crippen LogP contribution in [0.3, 0.4) is 0 Å². The topological polar surface area (TPSA) is 93.4 Å². The number of imidazole rings is 1. The van der Waals surface area contributed by atoms with Crippen molar-refractivity contribution in [3.63, 3.8) is 0 Å². The number of benzene rings is 2. The molecule has 1 aliphatic carbocycles. The maximum Gasteiger partial charge on any atom is 0.328 e. The number of carbonyl (C=O) groups is 1. The molecule has 9 heteroatoms. The minimum absolute atomic E-state index is 0.0283. The van der Waals surface area contributed by atoms with Gasteiger partial charge in [-0.05, 0) is 55.3 Å². The quantitative estimate of drug-likeness (QED) is 0.639. The van der Waals surface area contributed by atoms with Crippen LogP contribution in [0.5, 0.6) is 0 Å². The Bertz CT molecular complexity index is 1320. The van der Waals surface area contributed by atoms with Gasteiger partial charge in [0.25, 0.3) is 5.91 Å². The minimum atomic E-state index is -3.60. The second kappa shape index (κ2) is 8.55. The van der Waals surface area contributed by atoms with E-state index in [1.54, 1.807) is 43.9 Å². The van der Waals surface area contributed by atoms with Crippen LogP contribution in [0.25, 0.3) is 11.0 Å². The van der Waals surface area contributed by atoms with Crippen molar-refractivity contribution < 1.29 is 13.2 Å². The van der Waals surface area contributed by atoms with Gasteiger partial charge < -0.3 is 5.32 Å². The summed E-state index contributed by atoms with van der Waals surface area (Å²) in [5.41, 5.74) is 2.25. The SMILES string of the molecule is CN(C1CCCCC1)S(=O)(=O)c1ccc(C(=O)Nc2ccc3c(c2)n(C)c(=O)n3C)cc1. The summed E-state index contributed by atoms with van der Waals surface area (Å²) in [6.45, 7) is 0. The third-order valence-electron chi connectivity index (χ3n) is 6.41. The van der Waals surface area contributed by atoms with Crippen molar-refractivity contribution in [2.45, 2.75) is 43.0 Å². The van der Waals surface area contributed by atoms with E-state index < -0.39 is 10.0 Å². The standard InChI is InChI=1S/C23H28N4O4S/c1-25-20-14-11-17(15-21(20)26(2)23(25)29)24-22(28)16-9-12-19(13-10-16)32(30,31)27(3)18-7-5-4-6-8-18/h9-15,18H,4-8H2,1-3H3,(H,24,28). The predicted octanol–water partition coefficient (Wildman–Crippen LogP) is 3.08. The summed E-state index contributed by atoms with van der Waals surface area (Å²) in [5.74, 6) is -0.352. The largest absolute Gasteiger partial charge is 0.328 e. The highest BCUT2D eigenvalue weighted by molar-refractivity contribution is 7.89. The molecule has 1 saturated carbocycles. The summed E-state index contributed by atoms with van der Waals surface area (Å²) in [7, 11) is 1.41. The van der Waals surface area contributed by atoms with E-state index in [1.165, 1.54) is 33.1 Å². The van der Waals surface area contributed by atoms with Gasteiger partial charge in [-0.15, -0.1) is 0 Å².